The van der Waals surface area contributed by atoms with Crippen molar-refractivity contribution >= 4 is 35.6 Å². The molecule has 504 valence electrons. The number of rotatable bonds is 30. The van der Waals surface area contributed by atoms with Crippen molar-refractivity contribution in [2.75, 3.05) is 0 Å². The summed E-state index contributed by atoms with van der Waals surface area (Å²) in [5, 5.41) is 72.1. The van der Waals surface area contributed by atoms with E-state index in [4.69, 9.17) is 0 Å². The summed E-state index contributed by atoms with van der Waals surface area (Å²) in [7, 11) is 0. The fourth-order valence-corrected chi connectivity index (χ4v) is 11.4. The molecule has 9 rings (SSSR count). The highest BCUT2D eigenvalue weighted by molar-refractivity contribution is 5.87. The van der Waals surface area contributed by atoms with E-state index >= 15 is 0 Å². The average molecular weight is 1310 g/mol. The summed E-state index contributed by atoms with van der Waals surface area (Å²) in [6.07, 6.45) is 5.92. The van der Waals surface area contributed by atoms with Gasteiger partial charge in [0, 0.05) is 55.6 Å². The fourth-order valence-electron chi connectivity index (χ4n) is 11.4. The normalized spacial score (nSPS) is 12.0. The second-order valence-electron chi connectivity index (χ2n) is 24.4. The number of aromatic nitrogens is 12. The number of carbonyl (C=O) groups is 6. The number of carboxylic acids is 3. The molecule has 3 heterocycles. The van der Waals surface area contributed by atoms with Gasteiger partial charge >= 0.3 is 17.9 Å². The number of H-pyrrole nitrogens is 3. The predicted octanol–water partition coefficient (Wildman–Crippen LogP) is 12.5. The number of carboxylic acid groups (broad SMARTS) is 3. The third kappa shape index (κ3) is 19.7. The molecule has 0 aliphatic rings. The molecule has 6 N–H and O–H groups in total. The second-order valence-corrected chi connectivity index (χ2v) is 24.4. The molecule has 9 aromatic rings. The van der Waals surface area contributed by atoms with Crippen molar-refractivity contribution in [3.63, 3.8) is 0 Å². The summed E-state index contributed by atoms with van der Waals surface area (Å²) >= 11 is 0. The molecule has 96 heavy (non-hydrogen) atoms. The lowest BCUT2D eigenvalue weighted by atomic mass is 9.97. The van der Waals surface area contributed by atoms with Crippen molar-refractivity contribution in [3.8, 4) is 67.5 Å². The quantitative estimate of drug-likeness (QED) is 0.0244. The van der Waals surface area contributed by atoms with Crippen molar-refractivity contribution < 1.29 is 44.1 Å². The molecule has 24 heteroatoms. The van der Waals surface area contributed by atoms with Crippen molar-refractivity contribution in [3.05, 3.63) is 162 Å². The van der Waals surface area contributed by atoms with Crippen molar-refractivity contribution in [1.29, 1.82) is 0 Å². The molecule has 3 amide bonds. The number of carbonyl (C=O) groups excluding carboxylic acids is 3. The van der Waals surface area contributed by atoms with Crippen LogP contribution < -0.4 is 0 Å². The van der Waals surface area contributed by atoms with E-state index in [1.807, 2.05) is 208 Å². The second kappa shape index (κ2) is 36.1. The van der Waals surface area contributed by atoms with Crippen LogP contribution in [0.15, 0.2) is 146 Å². The van der Waals surface area contributed by atoms with Gasteiger partial charge in [-0.25, -0.2) is 14.4 Å². The summed E-state index contributed by atoms with van der Waals surface area (Å²) in [4.78, 5) is 78.9. The highest BCUT2D eigenvalue weighted by Crippen LogP contribution is 2.34. The van der Waals surface area contributed by atoms with Gasteiger partial charge in [-0.15, -0.1) is 30.6 Å². The van der Waals surface area contributed by atoms with Crippen LogP contribution in [0.2, 0.25) is 0 Å². The van der Waals surface area contributed by atoms with Crippen molar-refractivity contribution in [2.45, 2.75) is 158 Å². The van der Waals surface area contributed by atoms with Crippen LogP contribution in [0.4, 0.5) is 0 Å². The number of tetrazole rings is 3. The summed E-state index contributed by atoms with van der Waals surface area (Å²) in [5.41, 5.74) is 11.0. The van der Waals surface area contributed by atoms with Crippen LogP contribution in [0.3, 0.4) is 0 Å². The number of hydrogen-bond donors (Lipinski definition) is 6. The zero-order chi connectivity index (χ0) is 69.3. The first-order chi connectivity index (χ1) is 46.3. The van der Waals surface area contributed by atoms with Gasteiger partial charge in [-0.1, -0.05) is 227 Å². The van der Waals surface area contributed by atoms with E-state index in [9.17, 15) is 44.1 Å². The van der Waals surface area contributed by atoms with Crippen LogP contribution in [0.25, 0.3) is 67.5 Å². The molecule has 0 aliphatic heterocycles. The van der Waals surface area contributed by atoms with Crippen LogP contribution in [-0.2, 0) is 48.4 Å². The molecule has 0 radical (unpaired) electrons. The molecule has 3 aromatic heterocycles. The fraction of sp³-hybridized carbons (Fsp3) is 0.375. The number of nitrogens with zero attached hydrogens (tertiary/aromatic N) is 12. The number of amides is 3. The van der Waals surface area contributed by atoms with E-state index < -0.39 is 36.0 Å². The van der Waals surface area contributed by atoms with E-state index in [0.29, 0.717) is 36.7 Å². The Morgan fingerprint density at radius 1 is 0.354 bits per heavy atom. The third-order valence-corrected chi connectivity index (χ3v) is 16.2. The molecule has 3 atom stereocenters. The topological polar surface area (TPSA) is 336 Å². The van der Waals surface area contributed by atoms with Crippen LogP contribution in [0.5, 0.6) is 0 Å². The van der Waals surface area contributed by atoms with E-state index in [1.54, 1.807) is 0 Å². The lowest BCUT2D eigenvalue weighted by Gasteiger charge is -2.32. The minimum Gasteiger partial charge on any atom is -0.480 e. The van der Waals surface area contributed by atoms with Crippen LogP contribution in [0.1, 0.15) is 137 Å². The molecular formula is C72H87N15O9. The van der Waals surface area contributed by atoms with Crippen LogP contribution >= 0.6 is 0 Å². The Kier molecular flexibility index (Phi) is 27.4. The van der Waals surface area contributed by atoms with E-state index in [-0.39, 0.29) is 55.1 Å². The first-order valence-electron chi connectivity index (χ1n) is 32.6. The summed E-state index contributed by atoms with van der Waals surface area (Å²) in [5.74, 6) is -2.35. The Morgan fingerprint density at radius 2 is 0.583 bits per heavy atom. The standard InChI is InChI=1S/3C24H29N5O3/c3*1-4-5-10-21(30)29(22(16(2)3)24(31)32)15-17-11-13-18(14-12-17)19-8-6-7-9-20(19)23-25-27-28-26-23/h3*6-9,11-14,16,22H,4-5,10,15H2,1-3H3,(H,31,32)(H,25,26,27,28)/t3*22-/m110/s1. The summed E-state index contributed by atoms with van der Waals surface area (Å²) < 4.78 is 0. The number of hydrogen-bond acceptors (Lipinski definition) is 15. The molecule has 24 nitrogen and oxygen atoms in total. The maximum absolute atomic E-state index is 12.9. The van der Waals surface area contributed by atoms with Crippen LogP contribution in [-0.4, -0.2) is 146 Å². The van der Waals surface area contributed by atoms with Crippen LogP contribution in [0, 0.1) is 17.8 Å². The number of aliphatic carboxylic acids is 3. The molecule has 0 saturated carbocycles. The maximum atomic E-state index is 12.9. The lowest BCUT2D eigenvalue weighted by molar-refractivity contribution is -0.153. The van der Waals surface area contributed by atoms with Gasteiger partial charge in [-0.3, -0.25) is 14.4 Å². The zero-order valence-corrected chi connectivity index (χ0v) is 56.0. The molecule has 0 fully saturated rings. The number of aromatic amines is 3. The van der Waals surface area contributed by atoms with E-state index in [1.165, 1.54) is 14.7 Å². The Balaban J connectivity index is 0.000000203. The number of nitrogens with one attached hydrogen (secondary N) is 3. The van der Waals surface area contributed by atoms with E-state index in [2.05, 4.69) is 61.9 Å². The van der Waals surface area contributed by atoms with Gasteiger partial charge in [-0.05, 0) is 103 Å². The minimum atomic E-state index is -0.976. The highest BCUT2D eigenvalue weighted by atomic mass is 16.4. The lowest BCUT2D eigenvalue weighted by Crippen LogP contribution is -2.47. The zero-order valence-electron chi connectivity index (χ0n) is 56.0. The first-order valence-corrected chi connectivity index (χ1v) is 32.6. The minimum absolute atomic E-state index is 0.125. The molecule has 0 bridgehead atoms. The third-order valence-electron chi connectivity index (χ3n) is 16.2. The largest absolute Gasteiger partial charge is 0.480 e. The molecule has 6 aromatic carbocycles. The molecule has 0 spiro atoms. The van der Waals surface area contributed by atoms with E-state index in [0.717, 1.165) is 105 Å². The number of unbranched alkanes of at least 4 members (excludes halogenated alkanes) is 3. The summed E-state index contributed by atoms with van der Waals surface area (Å²) in [6, 6.07) is 44.2. The van der Waals surface area contributed by atoms with Gasteiger partial charge in [0.25, 0.3) is 0 Å². The van der Waals surface area contributed by atoms with Gasteiger partial charge in [0.05, 0.1) is 0 Å². The Morgan fingerprint density at radius 3 is 0.771 bits per heavy atom. The first kappa shape index (κ1) is 72.8. The maximum Gasteiger partial charge on any atom is 0.326 e. The summed E-state index contributed by atoms with van der Waals surface area (Å²) in [6.45, 7) is 17.8. The SMILES string of the molecule is CCCCC(=O)N(Cc1ccc(-c2ccccc2-c2nn[nH]n2)cc1)[C@@H](C(=O)O)C(C)C.CCCCC(=O)N(Cc1ccc(-c2ccccc2-c2nn[nH]n2)cc1)[C@@H](C(=O)O)C(C)C.CCCCC(=O)N(Cc1ccc(-c2ccccc2-c2nn[nH]n2)cc1)[C@H](C(=O)O)C(C)C. The smallest absolute Gasteiger partial charge is 0.326 e. The Hall–Kier alpha value is -10.7. The van der Waals surface area contributed by atoms with Gasteiger partial charge < -0.3 is 30.0 Å². The van der Waals surface area contributed by atoms with Gasteiger partial charge in [-0.2, -0.15) is 15.6 Å². The van der Waals surface area contributed by atoms with Gasteiger partial charge in [0.1, 0.15) is 18.1 Å². The molecular weight excluding hydrogens is 1220 g/mol. The van der Waals surface area contributed by atoms with Gasteiger partial charge in [0.15, 0.2) is 0 Å². The molecule has 0 aliphatic carbocycles. The Bertz CT molecular complexity index is 3500. The van der Waals surface area contributed by atoms with Crippen molar-refractivity contribution in [1.82, 2.24) is 76.6 Å². The molecule has 0 unspecified atom stereocenters. The highest BCUT2D eigenvalue weighted by Gasteiger charge is 2.35. The number of benzene rings is 6. The average Bonchev–Trinajstić information content (AvgIpc) is 1.37. The van der Waals surface area contributed by atoms with Crippen molar-refractivity contribution in [2.24, 2.45) is 17.8 Å². The molecule has 0 saturated heterocycles. The van der Waals surface area contributed by atoms with Gasteiger partial charge in [0.2, 0.25) is 35.2 Å². The monoisotopic (exact) mass is 1310 g/mol. The predicted molar refractivity (Wildman–Crippen MR) is 364 cm³/mol. The Labute approximate surface area is 559 Å².